The number of aromatic nitrogens is 3. The first-order valence-electron chi connectivity index (χ1n) is 8.82. The molecule has 0 saturated heterocycles. The lowest BCUT2D eigenvalue weighted by molar-refractivity contribution is -0.122. The molecule has 0 aliphatic carbocycles. The van der Waals surface area contributed by atoms with Crippen molar-refractivity contribution in [1.29, 1.82) is 0 Å². The number of rotatable bonds is 8. The van der Waals surface area contributed by atoms with E-state index in [1.165, 1.54) is 11.3 Å². The van der Waals surface area contributed by atoms with Crippen molar-refractivity contribution < 1.29 is 14.3 Å². The van der Waals surface area contributed by atoms with Crippen LogP contribution in [-0.2, 0) is 16.1 Å². The van der Waals surface area contributed by atoms with Crippen molar-refractivity contribution in [1.82, 2.24) is 14.8 Å². The molecule has 1 aromatic carbocycles. The van der Waals surface area contributed by atoms with Gasteiger partial charge in [-0.3, -0.25) is 14.3 Å². The van der Waals surface area contributed by atoms with Crippen LogP contribution >= 0.6 is 38.6 Å². The van der Waals surface area contributed by atoms with E-state index < -0.39 is 5.91 Å². The van der Waals surface area contributed by atoms with Gasteiger partial charge in [-0.2, -0.15) is 16.4 Å². The second-order valence-electron chi connectivity index (χ2n) is 6.32. The SMILES string of the molecule is NC(=O)COCCn1cc2cc(NC(=O)c3csc(Br)n3)c(-c3ccsc3)cc2n1. The summed E-state index contributed by atoms with van der Waals surface area (Å²) in [5, 5.41) is 14.1. The lowest BCUT2D eigenvalue weighted by Gasteiger charge is -2.10. The number of benzene rings is 1. The highest BCUT2D eigenvalue weighted by Gasteiger charge is 2.16. The van der Waals surface area contributed by atoms with Crippen molar-refractivity contribution in [3.05, 3.63) is 50.1 Å². The molecule has 3 N–H and O–H groups in total. The summed E-state index contributed by atoms with van der Waals surface area (Å²) in [6.45, 7) is 0.674. The summed E-state index contributed by atoms with van der Waals surface area (Å²) in [5.74, 6) is -0.784. The van der Waals surface area contributed by atoms with Gasteiger partial charge in [0.15, 0.2) is 3.92 Å². The standard InChI is InChI=1S/C19H16BrN5O3S2/c20-19-23-16(10-30-19)18(27)22-15-5-12-7-25(2-3-28-8-17(21)26)24-14(12)6-13(15)11-1-4-29-9-11/h1,4-7,9-10H,2-3,8H2,(H2,21,26)(H,22,27). The number of nitrogens with zero attached hydrogens (tertiary/aromatic N) is 3. The van der Waals surface area contributed by atoms with Crippen LogP contribution in [0.5, 0.6) is 0 Å². The molecule has 0 aliphatic heterocycles. The van der Waals surface area contributed by atoms with E-state index in [4.69, 9.17) is 10.5 Å². The number of fused-ring (bicyclic) bond motifs is 1. The topological polar surface area (TPSA) is 112 Å². The Morgan fingerprint density at radius 3 is 2.87 bits per heavy atom. The summed E-state index contributed by atoms with van der Waals surface area (Å²) >= 11 is 6.22. The largest absolute Gasteiger partial charge is 0.370 e. The maximum Gasteiger partial charge on any atom is 0.275 e. The van der Waals surface area contributed by atoms with Crippen molar-refractivity contribution in [2.45, 2.75) is 6.54 Å². The van der Waals surface area contributed by atoms with E-state index in [1.54, 1.807) is 21.4 Å². The normalized spacial score (nSPS) is 11.1. The number of thiazole rings is 1. The van der Waals surface area contributed by atoms with Crippen molar-refractivity contribution in [2.24, 2.45) is 5.73 Å². The Hall–Kier alpha value is -2.60. The quantitative estimate of drug-likeness (QED) is 0.354. The maximum atomic E-state index is 12.7. The number of nitrogens with one attached hydrogen (secondary N) is 1. The van der Waals surface area contributed by atoms with Gasteiger partial charge in [0.2, 0.25) is 5.91 Å². The third kappa shape index (κ3) is 4.75. The van der Waals surface area contributed by atoms with E-state index >= 15 is 0 Å². The number of halogens is 1. The van der Waals surface area contributed by atoms with Gasteiger partial charge in [0.1, 0.15) is 12.3 Å². The number of hydrogen-bond donors (Lipinski definition) is 2. The average molecular weight is 506 g/mol. The van der Waals surface area contributed by atoms with Gasteiger partial charge in [0, 0.05) is 28.2 Å². The van der Waals surface area contributed by atoms with Crippen molar-refractivity contribution in [3.63, 3.8) is 0 Å². The van der Waals surface area contributed by atoms with E-state index in [2.05, 4.69) is 31.3 Å². The molecule has 4 rings (SSSR count). The molecule has 0 radical (unpaired) electrons. The zero-order valence-corrected chi connectivity index (χ0v) is 18.7. The predicted octanol–water partition coefficient (Wildman–Crippen LogP) is 3.74. The Morgan fingerprint density at radius 2 is 2.17 bits per heavy atom. The number of primary amides is 1. The van der Waals surface area contributed by atoms with E-state index in [9.17, 15) is 9.59 Å². The van der Waals surface area contributed by atoms with Crippen LogP contribution in [0.15, 0.2) is 44.5 Å². The van der Waals surface area contributed by atoms with Crippen LogP contribution in [0.3, 0.4) is 0 Å². The second kappa shape index (κ2) is 9.04. The minimum Gasteiger partial charge on any atom is -0.370 e. The van der Waals surface area contributed by atoms with Gasteiger partial charge in [0.25, 0.3) is 5.91 Å². The third-order valence-corrected chi connectivity index (χ3v) is 6.24. The molecule has 30 heavy (non-hydrogen) atoms. The van der Waals surface area contributed by atoms with Crippen molar-refractivity contribution in [2.75, 3.05) is 18.5 Å². The molecular formula is C19H16BrN5O3S2. The van der Waals surface area contributed by atoms with Crippen molar-refractivity contribution >= 4 is 67.0 Å². The fraction of sp³-hybridized carbons (Fsp3) is 0.158. The van der Waals surface area contributed by atoms with Crippen LogP contribution in [-0.4, -0.2) is 39.8 Å². The van der Waals surface area contributed by atoms with Crippen LogP contribution in [0.1, 0.15) is 10.5 Å². The summed E-state index contributed by atoms with van der Waals surface area (Å²) < 4.78 is 7.60. The van der Waals surface area contributed by atoms with E-state index in [-0.39, 0.29) is 12.5 Å². The number of thiophene rings is 1. The van der Waals surface area contributed by atoms with Crippen LogP contribution in [0.4, 0.5) is 5.69 Å². The van der Waals surface area contributed by atoms with Crippen LogP contribution in [0.2, 0.25) is 0 Å². The third-order valence-electron chi connectivity index (χ3n) is 4.19. The number of nitrogens with two attached hydrogens (primary N) is 1. The molecule has 0 fully saturated rings. The summed E-state index contributed by atoms with van der Waals surface area (Å²) in [7, 11) is 0. The van der Waals surface area contributed by atoms with Crippen LogP contribution in [0.25, 0.3) is 22.0 Å². The highest BCUT2D eigenvalue weighted by Crippen LogP contribution is 2.34. The minimum absolute atomic E-state index is 0.119. The van der Waals surface area contributed by atoms with E-state index in [1.807, 2.05) is 35.2 Å². The van der Waals surface area contributed by atoms with Gasteiger partial charge in [-0.25, -0.2) is 4.98 Å². The molecule has 0 aliphatic rings. The molecule has 0 spiro atoms. The maximum absolute atomic E-state index is 12.7. The molecule has 0 atom stereocenters. The van der Waals surface area contributed by atoms with Gasteiger partial charge in [-0.1, -0.05) is 0 Å². The lowest BCUT2D eigenvalue weighted by atomic mass is 10.0. The summed E-state index contributed by atoms with van der Waals surface area (Å²) in [6, 6.07) is 5.84. The van der Waals surface area contributed by atoms with Crippen LogP contribution in [0, 0.1) is 0 Å². The predicted molar refractivity (Wildman–Crippen MR) is 121 cm³/mol. The van der Waals surface area contributed by atoms with E-state index in [0.717, 1.165) is 22.0 Å². The number of amides is 2. The first-order valence-corrected chi connectivity index (χ1v) is 11.4. The fourth-order valence-corrected chi connectivity index (χ4v) is 4.52. The first-order chi connectivity index (χ1) is 14.5. The molecule has 0 unspecified atom stereocenters. The molecule has 3 aromatic heterocycles. The summed E-state index contributed by atoms with van der Waals surface area (Å²) in [6.07, 6.45) is 1.87. The lowest BCUT2D eigenvalue weighted by Crippen LogP contribution is -2.19. The van der Waals surface area contributed by atoms with Gasteiger partial charge < -0.3 is 15.8 Å². The molecular weight excluding hydrogens is 490 g/mol. The van der Waals surface area contributed by atoms with Crippen molar-refractivity contribution in [3.8, 4) is 11.1 Å². The summed E-state index contributed by atoms with van der Waals surface area (Å²) in [4.78, 5) is 27.6. The Kier molecular flexibility index (Phi) is 6.23. The zero-order valence-electron chi connectivity index (χ0n) is 15.5. The molecule has 154 valence electrons. The van der Waals surface area contributed by atoms with Crippen LogP contribution < -0.4 is 11.1 Å². The Morgan fingerprint density at radius 1 is 1.30 bits per heavy atom. The molecule has 2 amide bonds. The zero-order chi connectivity index (χ0) is 21.1. The van der Waals surface area contributed by atoms with E-state index in [0.29, 0.717) is 28.4 Å². The fourth-order valence-electron chi connectivity index (χ4n) is 2.87. The summed E-state index contributed by atoms with van der Waals surface area (Å²) in [5.41, 5.74) is 8.77. The number of carbonyl (C=O) groups is 2. The molecule has 3 heterocycles. The Balaban J connectivity index is 1.62. The second-order valence-corrected chi connectivity index (χ2v) is 9.23. The Bertz CT molecular complexity index is 1200. The molecule has 0 saturated carbocycles. The smallest absolute Gasteiger partial charge is 0.275 e. The molecule has 11 heteroatoms. The van der Waals surface area contributed by atoms with Gasteiger partial charge >= 0.3 is 0 Å². The number of hydrogen-bond acceptors (Lipinski definition) is 7. The highest BCUT2D eigenvalue weighted by atomic mass is 79.9. The minimum atomic E-state index is -0.506. The van der Waals surface area contributed by atoms with Gasteiger partial charge in [0.05, 0.1) is 18.7 Å². The number of ether oxygens (including phenoxy) is 1. The molecule has 8 nitrogen and oxygen atoms in total. The van der Waals surface area contributed by atoms with Gasteiger partial charge in [-0.15, -0.1) is 11.3 Å². The number of carbonyl (C=O) groups excluding carboxylic acids is 2. The molecule has 4 aromatic rings. The average Bonchev–Trinajstić information content (AvgIpc) is 3.44. The molecule has 0 bridgehead atoms. The Labute approximate surface area is 187 Å². The monoisotopic (exact) mass is 505 g/mol. The number of anilines is 1. The van der Waals surface area contributed by atoms with Gasteiger partial charge in [-0.05, 0) is 50.5 Å². The first kappa shape index (κ1) is 20.7. The highest BCUT2D eigenvalue weighted by molar-refractivity contribution is 9.11.